The smallest absolute Gasteiger partial charge is 0.138 e. The van der Waals surface area contributed by atoms with Crippen molar-refractivity contribution in [3.63, 3.8) is 0 Å². The Morgan fingerprint density at radius 1 is 1.14 bits per heavy atom. The quantitative estimate of drug-likeness (QED) is 0.886. The molecule has 0 aromatic heterocycles. The Morgan fingerprint density at radius 2 is 1.90 bits per heavy atom. The maximum atomic E-state index is 10.0. The van der Waals surface area contributed by atoms with Gasteiger partial charge in [-0.3, -0.25) is 4.90 Å². The van der Waals surface area contributed by atoms with Crippen LogP contribution in [0, 0.1) is 0 Å². The highest BCUT2D eigenvalue weighted by Crippen LogP contribution is 2.34. The van der Waals surface area contributed by atoms with Gasteiger partial charge >= 0.3 is 0 Å². The molecule has 0 aliphatic carbocycles. The normalized spacial score (nSPS) is 19.0. The molecular weight excluding hydrogens is 305 g/mol. The highest BCUT2D eigenvalue weighted by Gasteiger charge is 2.24. The lowest BCUT2D eigenvalue weighted by atomic mass is 9.99. The number of phenols is 1. The van der Waals surface area contributed by atoms with Crippen LogP contribution in [0.5, 0.6) is 5.75 Å². The van der Waals surface area contributed by atoms with E-state index in [4.69, 9.17) is 23.2 Å². The third kappa shape index (κ3) is 3.34. The highest BCUT2D eigenvalue weighted by atomic mass is 35.5. The predicted molar refractivity (Wildman–Crippen MR) is 87.2 cm³/mol. The molecule has 110 valence electrons. The molecule has 4 heteroatoms. The molecule has 0 amide bonds. The summed E-state index contributed by atoms with van der Waals surface area (Å²) in [6, 6.07) is 13.9. The molecule has 1 heterocycles. The second-order valence-corrected chi connectivity index (χ2v) is 6.37. The molecule has 0 radical (unpaired) electrons. The van der Waals surface area contributed by atoms with Gasteiger partial charge in [0.1, 0.15) is 5.75 Å². The van der Waals surface area contributed by atoms with E-state index in [1.165, 1.54) is 5.56 Å². The van der Waals surface area contributed by atoms with Crippen molar-refractivity contribution in [1.82, 2.24) is 4.90 Å². The first-order chi connectivity index (χ1) is 10.1. The van der Waals surface area contributed by atoms with Crippen LogP contribution < -0.4 is 0 Å². The topological polar surface area (TPSA) is 23.5 Å². The van der Waals surface area contributed by atoms with Gasteiger partial charge in [0.05, 0.1) is 5.02 Å². The van der Waals surface area contributed by atoms with Crippen molar-refractivity contribution < 1.29 is 5.11 Å². The molecule has 2 aromatic carbocycles. The number of likely N-dealkylation sites (tertiary alicyclic amines) is 1. The minimum Gasteiger partial charge on any atom is -0.506 e. The SMILES string of the molecule is Oc1c(Cl)cc(Cl)cc1CN1CCC(c2ccccc2)C1. The van der Waals surface area contributed by atoms with Crippen molar-refractivity contribution in [3.05, 3.63) is 63.6 Å². The molecule has 2 aromatic rings. The fourth-order valence-electron chi connectivity index (χ4n) is 2.95. The summed E-state index contributed by atoms with van der Waals surface area (Å²) < 4.78 is 0. The first-order valence-corrected chi connectivity index (χ1v) is 7.83. The fourth-order valence-corrected chi connectivity index (χ4v) is 3.49. The molecule has 1 aliphatic rings. The number of nitrogens with zero attached hydrogens (tertiary/aromatic N) is 1. The van der Waals surface area contributed by atoms with Crippen LogP contribution in [0.2, 0.25) is 10.0 Å². The maximum Gasteiger partial charge on any atom is 0.138 e. The van der Waals surface area contributed by atoms with E-state index >= 15 is 0 Å². The largest absolute Gasteiger partial charge is 0.506 e. The lowest BCUT2D eigenvalue weighted by Crippen LogP contribution is -2.19. The Morgan fingerprint density at radius 3 is 2.67 bits per heavy atom. The van der Waals surface area contributed by atoms with Crippen LogP contribution in [0.3, 0.4) is 0 Å². The van der Waals surface area contributed by atoms with Crippen LogP contribution in [-0.4, -0.2) is 23.1 Å². The minimum absolute atomic E-state index is 0.143. The van der Waals surface area contributed by atoms with Gasteiger partial charge in [-0.1, -0.05) is 53.5 Å². The van der Waals surface area contributed by atoms with Crippen molar-refractivity contribution in [1.29, 1.82) is 0 Å². The van der Waals surface area contributed by atoms with Crippen LogP contribution in [0.25, 0.3) is 0 Å². The Balaban J connectivity index is 1.71. The van der Waals surface area contributed by atoms with Crippen LogP contribution in [0.15, 0.2) is 42.5 Å². The second-order valence-electron chi connectivity index (χ2n) is 5.53. The monoisotopic (exact) mass is 321 g/mol. The minimum atomic E-state index is 0.143. The summed E-state index contributed by atoms with van der Waals surface area (Å²) in [6.07, 6.45) is 1.14. The lowest BCUT2D eigenvalue weighted by Gasteiger charge is -2.17. The third-order valence-electron chi connectivity index (χ3n) is 4.04. The molecule has 1 saturated heterocycles. The highest BCUT2D eigenvalue weighted by molar-refractivity contribution is 6.35. The summed E-state index contributed by atoms with van der Waals surface area (Å²) >= 11 is 12.0. The van der Waals surface area contributed by atoms with Crippen molar-refractivity contribution in [2.45, 2.75) is 18.9 Å². The van der Waals surface area contributed by atoms with E-state index in [-0.39, 0.29) is 5.75 Å². The fraction of sp³-hybridized carbons (Fsp3) is 0.294. The molecule has 1 aliphatic heterocycles. The summed E-state index contributed by atoms with van der Waals surface area (Å²) in [6.45, 7) is 2.69. The van der Waals surface area contributed by atoms with Gasteiger partial charge in [-0.25, -0.2) is 0 Å². The zero-order valence-corrected chi connectivity index (χ0v) is 13.1. The number of aromatic hydroxyl groups is 1. The summed E-state index contributed by atoms with van der Waals surface area (Å²) in [7, 11) is 0. The van der Waals surface area contributed by atoms with E-state index in [0.29, 0.717) is 22.5 Å². The first-order valence-electron chi connectivity index (χ1n) is 7.07. The molecule has 1 N–H and O–H groups in total. The Bertz CT molecular complexity index is 630. The number of hydrogen-bond acceptors (Lipinski definition) is 2. The molecule has 0 bridgehead atoms. The van der Waals surface area contributed by atoms with Gasteiger partial charge in [0.2, 0.25) is 0 Å². The van der Waals surface area contributed by atoms with E-state index in [9.17, 15) is 5.11 Å². The second kappa shape index (κ2) is 6.27. The van der Waals surface area contributed by atoms with Gasteiger partial charge in [-0.15, -0.1) is 0 Å². The van der Waals surface area contributed by atoms with Gasteiger partial charge in [-0.2, -0.15) is 0 Å². The summed E-state index contributed by atoms with van der Waals surface area (Å²) in [4.78, 5) is 2.33. The predicted octanol–water partition coefficient (Wildman–Crippen LogP) is 4.69. The van der Waals surface area contributed by atoms with Crippen molar-refractivity contribution in [2.75, 3.05) is 13.1 Å². The van der Waals surface area contributed by atoms with Crippen LogP contribution >= 0.6 is 23.2 Å². The zero-order chi connectivity index (χ0) is 14.8. The average molecular weight is 322 g/mol. The molecular formula is C17H17Cl2NO. The van der Waals surface area contributed by atoms with Gasteiger partial charge < -0.3 is 5.11 Å². The summed E-state index contributed by atoms with van der Waals surface area (Å²) in [5.41, 5.74) is 2.18. The Hall–Kier alpha value is -1.22. The van der Waals surface area contributed by atoms with Crippen molar-refractivity contribution in [3.8, 4) is 5.75 Å². The van der Waals surface area contributed by atoms with Gasteiger partial charge in [0.15, 0.2) is 0 Å². The molecule has 0 spiro atoms. The van der Waals surface area contributed by atoms with Crippen molar-refractivity contribution in [2.24, 2.45) is 0 Å². The van der Waals surface area contributed by atoms with Gasteiger partial charge in [0.25, 0.3) is 0 Å². The van der Waals surface area contributed by atoms with Crippen LogP contribution in [-0.2, 0) is 6.54 Å². The number of benzene rings is 2. The van der Waals surface area contributed by atoms with E-state index in [2.05, 4.69) is 29.2 Å². The third-order valence-corrected chi connectivity index (χ3v) is 4.55. The average Bonchev–Trinajstić information content (AvgIpc) is 2.94. The molecule has 1 unspecified atom stereocenters. The molecule has 1 atom stereocenters. The van der Waals surface area contributed by atoms with E-state index in [0.717, 1.165) is 25.1 Å². The number of halogens is 2. The Kier molecular flexibility index (Phi) is 4.39. The van der Waals surface area contributed by atoms with Gasteiger partial charge in [-0.05, 0) is 36.6 Å². The zero-order valence-electron chi connectivity index (χ0n) is 11.6. The van der Waals surface area contributed by atoms with Crippen LogP contribution in [0.1, 0.15) is 23.5 Å². The van der Waals surface area contributed by atoms with E-state index in [1.807, 2.05) is 6.07 Å². The first kappa shape index (κ1) is 14.7. The Labute approximate surface area is 134 Å². The number of hydrogen-bond donors (Lipinski definition) is 1. The summed E-state index contributed by atoms with van der Waals surface area (Å²) in [5.74, 6) is 0.701. The van der Waals surface area contributed by atoms with Gasteiger partial charge in [0, 0.05) is 23.7 Å². The lowest BCUT2D eigenvalue weighted by molar-refractivity contribution is 0.320. The standard InChI is InChI=1S/C17H17Cl2NO/c18-15-8-14(17(21)16(19)9-15)11-20-7-6-13(10-20)12-4-2-1-3-5-12/h1-5,8-9,13,21H,6-7,10-11H2. The summed E-state index contributed by atoms with van der Waals surface area (Å²) in [5, 5.41) is 10.9. The van der Waals surface area contributed by atoms with E-state index in [1.54, 1.807) is 12.1 Å². The maximum absolute atomic E-state index is 10.0. The molecule has 2 nitrogen and oxygen atoms in total. The molecule has 3 rings (SSSR count). The van der Waals surface area contributed by atoms with Crippen LogP contribution in [0.4, 0.5) is 0 Å². The molecule has 21 heavy (non-hydrogen) atoms. The number of phenolic OH excluding ortho intramolecular Hbond substituents is 1. The van der Waals surface area contributed by atoms with Crippen molar-refractivity contribution >= 4 is 23.2 Å². The number of rotatable bonds is 3. The van der Waals surface area contributed by atoms with E-state index < -0.39 is 0 Å². The molecule has 0 saturated carbocycles. The molecule has 1 fully saturated rings.